The first-order valence-electron chi connectivity index (χ1n) is 9.51. The maximum Gasteiger partial charge on any atom is 0.468 e. The van der Waals surface area contributed by atoms with Crippen LogP contribution in [0.25, 0.3) is 0 Å². The van der Waals surface area contributed by atoms with Crippen LogP contribution in [0.2, 0.25) is 0 Å². The second-order valence-corrected chi connectivity index (χ2v) is 8.46. The van der Waals surface area contributed by atoms with E-state index in [0.29, 0.717) is 25.7 Å². The van der Waals surface area contributed by atoms with Crippen molar-refractivity contribution in [3.8, 4) is 0 Å². The highest BCUT2D eigenvalue weighted by Crippen LogP contribution is 2.42. The van der Waals surface area contributed by atoms with E-state index in [1.165, 1.54) is 0 Å². The highest BCUT2D eigenvalue weighted by atomic mass is 32.2. The number of nitrogens with one attached hydrogen (secondary N) is 1. The van der Waals surface area contributed by atoms with Gasteiger partial charge in [0.1, 0.15) is 0 Å². The van der Waals surface area contributed by atoms with Gasteiger partial charge in [-0.2, -0.15) is 39.2 Å². The summed E-state index contributed by atoms with van der Waals surface area (Å²) in [4.78, 5) is 24.0. The lowest BCUT2D eigenvalue weighted by atomic mass is 9.96. The Labute approximate surface area is 183 Å². The fourth-order valence-corrected chi connectivity index (χ4v) is 3.32. The first kappa shape index (κ1) is 29.2. The molecule has 33 heavy (non-hydrogen) atoms. The van der Waals surface area contributed by atoms with Crippen molar-refractivity contribution in [2.75, 3.05) is 13.2 Å². The lowest BCUT2D eigenvalue weighted by molar-refractivity contribution is -0.352. The molecular weight excluding hydrogens is 499 g/mol. The third-order valence-corrected chi connectivity index (χ3v) is 5.50. The van der Waals surface area contributed by atoms with Crippen molar-refractivity contribution in [2.24, 2.45) is 0 Å². The number of amides is 1. The minimum atomic E-state index is -6.66. The molecule has 0 aromatic carbocycles. The monoisotopic (exact) mass is 521 g/mol. The van der Waals surface area contributed by atoms with Gasteiger partial charge in [-0.05, 0) is 19.8 Å². The largest absolute Gasteiger partial charge is 0.468 e. The van der Waals surface area contributed by atoms with E-state index in [1.54, 1.807) is 0 Å². The molecule has 0 aromatic rings. The molecule has 2 N–H and O–H groups in total. The highest BCUT2D eigenvalue weighted by Gasteiger charge is 2.69. The Morgan fingerprint density at radius 1 is 1.03 bits per heavy atom. The van der Waals surface area contributed by atoms with E-state index >= 15 is 0 Å². The van der Waals surface area contributed by atoms with Gasteiger partial charge in [0.2, 0.25) is 0 Å². The summed E-state index contributed by atoms with van der Waals surface area (Å²) in [5, 5.41) is -4.03. The summed E-state index contributed by atoms with van der Waals surface area (Å²) in [5.74, 6) is -12.6. The van der Waals surface area contributed by atoms with Gasteiger partial charge < -0.3 is 19.5 Å². The standard InChI is InChI=1S/C16H22F7NO8S/c1-2-30-11(25)14(15(19,20)21,32-12(26)24-10-6-4-3-5-7-10)31-9-8-13(17,18)16(22,23)33(27,28)29/h10H,2-9H2,1H3,(H,24,26)(H,27,28,29). The number of hydrogen-bond acceptors (Lipinski definition) is 7. The fraction of sp³-hybridized carbons (Fsp3) is 0.875. The van der Waals surface area contributed by atoms with Crippen LogP contribution < -0.4 is 5.32 Å². The number of carbonyl (C=O) groups is 2. The maximum atomic E-state index is 13.7. The van der Waals surface area contributed by atoms with E-state index in [2.05, 4.69) is 19.5 Å². The second kappa shape index (κ2) is 10.6. The highest BCUT2D eigenvalue weighted by molar-refractivity contribution is 7.87. The maximum absolute atomic E-state index is 13.7. The van der Waals surface area contributed by atoms with Crippen LogP contribution in [-0.4, -0.2) is 67.4 Å². The predicted molar refractivity (Wildman–Crippen MR) is 93.9 cm³/mol. The molecule has 0 saturated heterocycles. The van der Waals surface area contributed by atoms with Gasteiger partial charge in [-0.25, -0.2) is 9.59 Å². The first-order valence-corrected chi connectivity index (χ1v) is 11.0. The van der Waals surface area contributed by atoms with Crippen LogP contribution in [0.4, 0.5) is 35.5 Å². The average Bonchev–Trinajstić information content (AvgIpc) is 2.66. The SMILES string of the molecule is CCOC(=O)C(OCCC(F)(F)C(F)(F)S(=O)(=O)O)(OC(=O)NC1CCCCC1)C(F)(F)F. The van der Waals surface area contributed by atoms with Gasteiger partial charge in [-0.15, -0.1) is 0 Å². The molecule has 0 spiro atoms. The number of halogens is 7. The minimum Gasteiger partial charge on any atom is -0.461 e. The zero-order valence-corrected chi connectivity index (χ0v) is 17.9. The zero-order valence-electron chi connectivity index (χ0n) is 17.1. The molecule has 1 aliphatic carbocycles. The van der Waals surface area contributed by atoms with Crippen LogP contribution in [0.5, 0.6) is 0 Å². The Balaban J connectivity index is 3.13. The van der Waals surface area contributed by atoms with Crippen molar-refractivity contribution in [2.45, 2.75) is 74.6 Å². The van der Waals surface area contributed by atoms with Crippen molar-refractivity contribution in [3.05, 3.63) is 0 Å². The van der Waals surface area contributed by atoms with E-state index < -0.39 is 71.0 Å². The molecule has 194 valence electrons. The van der Waals surface area contributed by atoms with Crippen molar-refractivity contribution in [1.82, 2.24) is 5.32 Å². The second-order valence-electron chi connectivity index (χ2n) is 7.00. The van der Waals surface area contributed by atoms with Gasteiger partial charge >= 0.3 is 45.3 Å². The number of ether oxygens (including phenoxy) is 3. The molecule has 0 aliphatic heterocycles. The summed E-state index contributed by atoms with van der Waals surface area (Å²) in [6.45, 7) is -1.71. The number of esters is 1. The van der Waals surface area contributed by atoms with Gasteiger partial charge in [-0.3, -0.25) is 4.55 Å². The Bertz CT molecular complexity index is 799. The molecule has 9 nitrogen and oxygen atoms in total. The summed E-state index contributed by atoms with van der Waals surface area (Å²) < 4.78 is 137. The topological polar surface area (TPSA) is 128 Å². The van der Waals surface area contributed by atoms with E-state index in [4.69, 9.17) is 4.55 Å². The van der Waals surface area contributed by atoms with Crippen LogP contribution in [0.1, 0.15) is 45.4 Å². The number of hydrogen-bond donors (Lipinski definition) is 2. The van der Waals surface area contributed by atoms with E-state index in [0.717, 1.165) is 13.3 Å². The lowest BCUT2D eigenvalue weighted by Gasteiger charge is -2.33. The number of alkyl halides is 7. The Hall–Kier alpha value is -1.88. The van der Waals surface area contributed by atoms with Crippen LogP contribution in [0.15, 0.2) is 0 Å². The molecule has 17 heteroatoms. The lowest BCUT2D eigenvalue weighted by Crippen LogP contribution is -2.60. The Morgan fingerprint density at radius 3 is 2.03 bits per heavy atom. The molecule has 1 amide bonds. The molecule has 1 unspecified atom stereocenters. The van der Waals surface area contributed by atoms with Gasteiger partial charge in [0.25, 0.3) is 0 Å². The Morgan fingerprint density at radius 2 is 1.58 bits per heavy atom. The molecule has 1 aliphatic rings. The van der Waals surface area contributed by atoms with Crippen molar-refractivity contribution in [3.63, 3.8) is 0 Å². The number of carbonyl (C=O) groups excluding carboxylic acids is 2. The van der Waals surface area contributed by atoms with Crippen molar-refractivity contribution < 1.29 is 67.5 Å². The first-order chi connectivity index (χ1) is 14.9. The molecule has 1 rings (SSSR count). The van der Waals surface area contributed by atoms with Crippen LogP contribution in [0, 0.1) is 0 Å². The molecule has 0 heterocycles. The van der Waals surface area contributed by atoms with Crippen molar-refractivity contribution >= 4 is 22.2 Å². The van der Waals surface area contributed by atoms with Crippen LogP contribution in [-0.2, 0) is 29.1 Å². The molecule has 1 saturated carbocycles. The summed E-state index contributed by atoms with van der Waals surface area (Å²) in [6, 6.07) is -0.614. The van der Waals surface area contributed by atoms with E-state index in [1.807, 2.05) is 0 Å². The minimum absolute atomic E-state index is 0.380. The smallest absolute Gasteiger partial charge is 0.461 e. The normalized spacial score (nSPS) is 18.3. The fourth-order valence-electron chi connectivity index (χ4n) is 2.84. The summed E-state index contributed by atoms with van der Waals surface area (Å²) in [6.07, 6.45) is -7.32. The average molecular weight is 521 g/mol. The Kier molecular flexibility index (Phi) is 9.35. The molecule has 0 radical (unpaired) electrons. The summed E-state index contributed by atoms with van der Waals surface area (Å²) in [5.41, 5.74) is 0. The third kappa shape index (κ3) is 6.81. The molecular formula is C16H22F7NO8S. The van der Waals surface area contributed by atoms with Gasteiger partial charge in [0.05, 0.1) is 13.2 Å². The van der Waals surface area contributed by atoms with Crippen LogP contribution in [0.3, 0.4) is 0 Å². The third-order valence-electron chi connectivity index (χ3n) is 4.55. The van der Waals surface area contributed by atoms with E-state index in [-0.39, 0.29) is 0 Å². The molecule has 1 fully saturated rings. The number of rotatable bonds is 10. The molecule has 0 bridgehead atoms. The predicted octanol–water partition coefficient (Wildman–Crippen LogP) is 3.39. The number of alkyl carbamates (subject to hydrolysis) is 1. The van der Waals surface area contributed by atoms with Gasteiger partial charge in [-0.1, -0.05) is 19.3 Å². The van der Waals surface area contributed by atoms with Gasteiger partial charge in [0, 0.05) is 12.5 Å². The molecule has 1 atom stereocenters. The van der Waals surface area contributed by atoms with Crippen molar-refractivity contribution in [1.29, 1.82) is 0 Å². The van der Waals surface area contributed by atoms with E-state index in [9.17, 15) is 48.7 Å². The molecule has 0 aromatic heterocycles. The zero-order chi connectivity index (χ0) is 25.7. The summed E-state index contributed by atoms with van der Waals surface area (Å²) in [7, 11) is -6.66. The quantitative estimate of drug-likeness (QED) is 0.194. The van der Waals surface area contributed by atoms with Gasteiger partial charge in [0.15, 0.2) is 0 Å². The van der Waals surface area contributed by atoms with Crippen LogP contribution >= 0.6 is 0 Å². The summed E-state index contributed by atoms with van der Waals surface area (Å²) >= 11 is 0.